The number of amides is 1. The minimum absolute atomic E-state index is 0.0384. The maximum Gasteiger partial charge on any atom is 0.230 e. The Morgan fingerprint density at radius 3 is 2.79 bits per heavy atom. The van der Waals surface area contributed by atoms with Gasteiger partial charge >= 0.3 is 0 Å². The Balaban J connectivity index is 1.61. The van der Waals surface area contributed by atoms with Crippen LogP contribution < -0.4 is 0 Å². The molecule has 7 nitrogen and oxygen atoms in total. The monoisotopic (exact) mass is 334 g/mol. The second kappa shape index (κ2) is 7.55. The van der Waals surface area contributed by atoms with Crippen LogP contribution in [0.1, 0.15) is 30.7 Å². The molecule has 3 heterocycles. The van der Waals surface area contributed by atoms with E-state index in [9.17, 15) is 4.79 Å². The molecule has 0 aliphatic carbocycles. The Bertz CT molecular complexity index is 563. The number of hydrogen-bond donors (Lipinski definition) is 1. The number of likely N-dealkylation sites (tertiary alicyclic amines) is 2. The Hall–Kier alpha value is -1.57. The summed E-state index contributed by atoms with van der Waals surface area (Å²) in [5, 5.41) is 9.15. The first-order chi connectivity index (χ1) is 11.7. The molecule has 132 valence electrons. The van der Waals surface area contributed by atoms with E-state index in [2.05, 4.69) is 14.9 Å². The van der Waals surface area contributed by atoms with Gasteiger partial charge in [-0.3, -0.25) is 9.69 Å². The van der Waals surface area contributed by atoms with Crippen molar-refractivity contribution < 1.29 is 14.6 Å². The fourth-order valence-corrected chi connectivity index (χ4v) is 3.88. The van der Waals surface area contributed by atoms with Crippen LogP contribution in [0.25, 0.3) is 0 Å². The predicted molar refractivity (Wildman–Crippen MR) is 88.0 cm³/mol. The molecule has 1 N–H and O–H groups in total. The van der Waals surface area contributed by atoms with Crippen molar-refractivity contribution in [1.29, 1.82) is 0 Å². The third-order valence-electron chi connectivity index (χ3n) is 5.07. The molecular weight excluding hydrogens is 308 g/mol. The summed E-state index contributed by atoms with van der Waals surface area (Å²) in [5.74, 6) is 0.901. The van der Waals surface area contributed by atoms with Crippen molar-refractivity contribution in [3.8, 4) is 0 Å². The van der Waals surface area contributed by atoms with Gasteiger partial charge in [-0.1, -0.05) is 0 Å². The van der Waals surface area contributed by atoms with Crippen molar-refractivity contribution in [2.45, 2.75) is 32.4 Å². The van der Waals surface area contributed by atoms with Gasteiger partial charge in [0.15, 0.2) is 5.82 Å². The first-order valence-electron chi connectivity index (χ1n) is 8.58. The average Bonchev–Trinajstić information content (AvgIpc) is 2.98. The van der Waals surface area contributed by atoms with E-state index in [1.165, 1.54) is 0 Å². The molecule has 0 aromatic carbocycles. The van der Waals surface area contributed by atoms with Gasteiger partial charge in [-0.25, -0.2) is 9.97 Å². The fourth-order valence-electron chi connectivity index (χ4n) is 3.88. The van der Waals surface area contributed by atoms with Gasteiger partial charge < -0.3 is 14.7 Å². The van der Waals surface area contributed by atoms with Crippen molar-refractivity contribution in [3.05, 3.63) is 23.8 Å². The van der Waals surface area contributed by atoms with Crippen LogP contribution in [-0.2, 0) is 22.7 Å². The number of carbonyl (C=O) groups excluding carboxylic acids is 1. The number of β-amino-alcohol motifs (C(OH)–C–C–N with tert-alkyl or cyclic N) is 1. The highest BCUT2D eigenvalue weighted by Gasteiger charge is 2.47. The molecule has 1 aromatic heterocycles. The van der Waals surface area contributed by atoms with Crippen LogP contribution >= 0.6 is 0 Å². The Labute approximate surface area is 142 Å². The van der Waals surface area contributed by atoms with Crippen molar-refractivity contribution >= 4 is 5.91 Å². The van der Waals surface area contributed by atoms with Crippen LogP contribution in [0.5, 0.6) is 0 Å². The van der Waals surface area contributed by atoms with E-state index in [0.717, 1.165) is 51.0 Å². The third kappa shape index (κ3) is 3.58. The molecule has 0 saturated carbocycles. The van der Waals surface area contributed by atoms with Crippen molar-refractivity contribution in [1.82, 2.24) is 19.8 Å². The molecule has 1 spiro atoms. The summed E-state index contributed by atoms with van der Waals surface area (Å²) >= 11 is 0. The van der Waals surface area contributed by atoms with Gasteiger partial charge in [-0.05, 0) is 25.8 Å². The summed E-state index contributed by atoms with van der Waals surface area (Å²) < 4.78 is 5.02. The van der Waals surface area contributed by atoms with Crippen LogP contribution in [0.3, 0.4) is 0 Å². The van der Waals surface area contributed by atoms with Crippen molar-refractivity contribution in [2.24, 2.45) is 5.41 Å². The van der Waals surface area contributed by atoms with Crippen LogP contribution in [0.4, 0.5) is 0 Å². The van der Waals surface area contributed by atoms with E-state index < -0.39 is 0 Å². The van der Waals surface area contributed by atoms with Gasteiger partial charge in [0.1, 0.15) is 6.61 Å². The lowest BCUT2D eigenvalue weighted by Gasteiger charge is -2.39. The minimum atomic E-state index is -0.260. The summed E-state index contributed by atoms with van der Waals surface area (Å²) in [6.07, 6.45) is 6.55. The zero-order valence-electron chi connectivity index (χ0n) is 14.3. The summed E-state index contributed by atoms with van der Waals surface area (Å²) in [6, 6.07) is 0. The smallest absolute Gasteiger partial charge is 0.230 e. The van der Waals surface area contributed by atoms with E-state index in [1.54, 1.807) is 7.11 Å². The SMILES string of the molecule is COCc1ncc(CN2CC[C@@]3(CCCN(CCO)C3=O)C2)cn1. The number of aliphatic hydroxyl groups excluding tert-OH is 1. The van der Waals surface area contributed by atoms with Crippen LogP contribution in [0, 0.1) is 5.41 Å². The Morgan fingerprint density at radius 2 is 2.08 bits per heavy atom. The minimum Gasteiger partial charge on any atom is -0.395 e. The molecule has 2 aliphatic rings. The normalized spacial score (nSPS) is 24.9. The fraction of sp³-hybridized carbons (Fsp3) is 0.706. The maximum atomic E-state index is 12.8. The number of carbonyl (C=O) groups is 1. The first-order valence-corrected chi connectivity index (χ1v) is 8.58. The van der Waals surface area contributed by atoms with E-state index in [-0.39, 0.29) is 17.9 Å². The van der Waals surface area contributed by atoms with E-state index in [4.69, 9.17) is 9.84 Å². The second-order valence-corrected chi connectivity index (χ2v) is 6.80. The zero-order chi connectivity index (χ0) is 17.0. The van der Waals surface area contributed by atoms with Gasteiger partial charge in [-0.15, -0.1) is 0 Å². The summed E-state index contributed by atoms with van der Waals surface area (Å²) in [7, 11) is 1.63. The van der Waals surface area contributed by atoms with Crippen molar-refractivity contribution in [3.63, 3.8) is 0 Å². The van der Waals surface area contributed by atoms with Gasteiger partial charge in [-0.2, -0.15) is 0 Å². The molecule has 2 saturated heterocycles. The summed E-state index contributed by atoms with van der Waals surface area (Å²) in [5.41, 5.74) is 0.798. The van der Waals surface area contributed by atoms with Crippen molar-refractivity contribution in [2.75, 3.05) is 39.9 Å². The summed E-state index contributed by atoms with van der Waals surface area (Å²) in [6.45, 7) is 4.15. The lowest BCUT2D eigenvalue weighted by Crippen LogP contribution is -2.50. The van der Waals surface area contributed by atoms with Crippen LogP contribution in [0.2, 0.25) is 0 Å². The van der Waals surface area contributed by atoms with Crippen LogP contribution in [0.15, 0.2) is 12.4 Å². The first kappa shape index (κ1) is 17.3. The number of methoxy groups -OCH3 is 1. The number of hydrogen-bond acceptors (Lipinski definition) is 6. The van der Waals surface area contributed by atoms with E-state index >= 15 is 0 Å². The number of aromatic nitrogens is 2. The van der Waals surface area contributed by atoms with Gasteiger partial charge in [0.05, 0.1) is 12.0 Å². The maximum absolute atomic E-state index is 12.8. The molecule has 2 fully saturated rings. The topological polar surface area (TPSA) is 78.8 Å². The third-order valence-corrected chi connectivity index (χ3v) is 5.07. The van der Waals surface area contributed by atoms with Crippen LogP contribution in [-0.4, -0.2) is 70.7 Å². The standard InChI is InChI=1S/C17H26N4O3/c1-24-12-15-18-9-14(10-19-15)11-20-6-4-17(13-20)3-2-5-21(7-8-22)16(17)23/h9-10,22H,2-8,11-13H2,1H3/t17-/m0/s1. The molecule has 0 unspecified atom stereocenters. The summed E-state index contributed by atoms with van der Waals surface area (Å²) in [4.78, 5) is 25.5. The lowest BCUT2D eigenvalue weighted by atomic mass is 9.78. The zero-order valence-corrected chi connectivity index (χ0v) is 14.3. The van der Waals surface area contributed by atoms with Gasteiger partial charge in [0.2, 0.25) is 5.91 Å². The number of ether oxygens (including phenoxy) is 1. The molecule has 1 aromatic rings. The van der Waals surface area contributed by atoms with E-state index in [0.29, 0.717) is 19.0 Å². The largest absolute Gasteiger partial charge is 0.395 e. The number of nitrogens with zero attached hydrogens (tertiary/aromatic N) is 4. The number of piperidine rings is 1. The molecule has 0 bridgehead atoms. The van der Waals surface area contributed by atoms with Gasteiger partial charge in [0, 0.05) is 51.2 Å². The molecule has 24 heavy (non-hydrogen) atoms. The highest BCUT2D eigenvalue weighted by molar-refractivity contribution is 5.84. The molecular formula is C17H26N4O3. The second-order valence-electron chi connectivity index (χ2n) is 6.80. The average molecular weight is 334 g/mol. The molecule has 3 rings (SSSR count). The van der Waals surface area contributed by atoms with Gasteiger partial charge in [0.25, 0.3) is 0 Å². The highest BCUT2D eigenvalue weighted by atomic mass is 16.5. The Morgan fingerprint density at radius 1 is 1.29 bits per heavy atom. The molecule has 1 amide bonds. The Kier molecular flexibility index (Phi) is 5.43. The molecule has 2 aliphatic heterocycles. The molecule has 7 heteroatoms. The predicted octanol–water partition coefficient (Wildman–Crippen LogP) is 0.430. The number of rotatable bonds is 6. The quantitative estimate of drug-likeness (QED) is 0.813. The molecule has 1 atom stereocenters. The lowest BCUT2D eigenvalue weighted by molar-refractivity contribution is -0.146. The number of aliphatic hydroxyl groups is 1. The van der Waals surface area contributed by atoms with E-state index in [1.807, 2.05) is 17.3 Å². The molecule has 0 radical (unpaired) electrons. The highest BCUT2D eigenvalue weighted by Crippen LogP contribution is 2.40.